The zero-order valence-corrected chi connectivity index (χ0v) is 11.4. The summed E-state index contributed by atoms with van der Waals surface area (Å²) < 4.78 is 0. The highest BCUT2D eigenvalue weighted by Gasteiger charge is 2.06. The van der Waals surface area contributed by atoms with Crippen molar-refractivity contribution in [1.82, 2.24) is 0 Å². The standard InChI is InChI=1S/C13H18ClN3O/c1-3-4-13(18)17-10-6-5-9(2)7-11(10)16-12(15)8-14/h5-7H,3-4,8H2,1-2H3,(H2,15,16)(H,17,18). The number of amidine groups is 1. The van der Waals surface area contributed by atoms with Gasteiger partial charge in [-0.3, -0.25) is 4.79 Å². The number of aryl methyl sites for hydroxylation is 1. The number of benzene rings is 1. The number of nitrogens with two attached hydrogens (primary N) is 1. The molecule has 0 radical (unpaired) electrons. The predicted molar refractivity (Wildman–Crippen MR) is 76.7 cm³/mol. The van der Waals surface area contributed by atoms with E-state index in [2.05, 4.69) is 10.3 Å². The van der Waals surface area contributed by atoms with Crippen molar-refractivity contribution >= 4 is 34.7 Å². The van der Waals surface area contributed by atoms with Crippen LogP contribution in [0.5, 0.6) is 0 Å². The summed E-state index contributed by atoms with van der Waals surface area (Å²) in [6.45, 7) is 3.91. The van der Waals surface area contributed by atoms with Gasteiger partial charge in [-0.15, -0.1) is 11.6 Å². The first-order valence-corrected chi connectivity index (χ1v) is 6.39. The monoisotopic (exact) mass is 267 g/mol. The molecule has 5 heteroatoms. The number of nitrogens with one attached hydrogen (secondary N) is 1. The van der Waals surface area contributed by atoms with E-state index in [-0.39, 0.29) is 11.8 Å². The van der Waals surface area contributed by atoms with Crippen LogP contribution in [0.25, 0.3) is 0 Å². The summed E-state index contributed by atoms with van der Waals surface area (Å²) in [7, 11) is 0. The minimum atomic E-state index is -0.0257. The van der Waals surface area contributed by atoms with E-state index in [1.54, 1.807) is 0 Å². The summed E-state index contributed by atoms with van der Waals surface area (Å²) >= 11 is 5.61. The average Bonchev–Trinajstić information content (AvgIpc) is 2.33. The Kier molecular flexibility index (Phi) is 5.65. The number of alkyl halides is 1. The van der Waals surface area contributed by atoms with E-state index < -0.39 is 0 Å². The molecule has 0 saturated heterocycles. The number of aliphatic imine (C=N–C) groups is 1. The van der Waals surface area contributed by atoms with Crippen molar-refractivity contribution in [1.29, 1.82) is 0 Å². The van der Waals surface area contributed by atoms with Gasteiger partial charge in [0.2, 0.25) is 5.91 Å². The number of carbonyl (C=O) groups excluding carboxylic acids is 1. The van der Waals surface area contributed by atoms with E-state index in [0.717, 1.165) is 12.0 Å². The number of halogens is 1. The minimum absolute atomic E-state index is 0.0257. The third-order valence-electron chi connectivity index (χ3n) is 2.31. The first-order valence-electron chi connectivity index (χ1n) is 5.86. The van der Waals surface area contributed by atoms with Crippen LogP contribution in [0, 0.1) is 6.92 Å². The van der Waals surface area contributed by atoms with E-state index in [0.29, 0.717) is 23.6 Å². The molecule has 18 heavy (non-hydrogen) atoms. The van der Waals surface area contributed by atoms with Gasteiger partial charge in [-0.25, -0.2) is 4.99 Å². The number of hydrogen-bond donors (Lipinski definition) is 2. The van der Waals surface area contributed by atoms with Crippen LogP contribution in [0.1, 0.15) is 25.3 Å². The molecule has 1 rings (SSSR count). The number of carbonyl (C=O) groups is 1. The van der Waals surface area contributed by atoms with Gasteiger partial charge in [-0.05, 0) is 31.0 Å². The Labute approximate surface area is 112 Å². The fourth-order valence-electron chi connectivity index (χ4n) is 1.46. The van der Waals surface area contributed by atoms with Crippen LogP contribution in [0.4, 0.5) is 11.4 Å². The Morgan fingerprint density at radius 1 is 1.50 bits per heavy atom. The molecule has 0 unspecified atom stereocenters. The van der Waals surface area contributed by atoms with Crippen molar-refractivity contribution in [3.8, 4) is 0 Å². The highest BCUT2D eigenvalue weighted by atomic mass is 35.5. The molecule has 0 bridgehead atoms. The topological polar surface area (TPSA) is 67.5 Å². The molecule has 3 N–H and O–H groups in total. The van der Waals surface area contributed by atoms with Gasteiger partial charge in [0.05, 0.1) is 17.3 Å². The minimum Gasteiger partial charge on any atom is -0.386 e. The number of anilines is 1. The molecule has 98 valence electrons. The lowest BCUT2D eigenvalue weighted by Gasteiger charge is -2.09. The van der Waals surface area contributed by atoms with Crippen LogP contribution in [0.3, 0.4) is 0 Å². The Morgan fingerprint density at radius 2 is 2.22 bits per heavy atom. The summed E-state index contributed by atoms with van der Waals surface area (Å²) in [5.41, 5.74) is 7.96. The Bertz CT molecular complexity index is 458. The number of hydrogen-bond acceptors (Lipinski definition) is 2. The number of amides is 1. The van der Waals surface area contributed by atoms with E-state index >= 15 is 0 Å². The quantitative estimate of drug-likeness (QED) is 0.489. The second kappa shape index (κ2) is 7.01. The zero-order valence-electron chi connectivity index (χ0n) is 10.7. The zero-order chi connectivity index (χ0) is 13.5. The van der Waals surface area contributed by atoms with Crippen molar-refractivity contribution in [3.05, 3.63) is 23.8 Å². The molecule has 1 amide bonds. The Balaban J connectivity index is 3.00. The van der Waals surface area contributed by atoms with Gasteiger partial charge in [0, 0.05) is 6.42 Å². The number of rotatable bonds is 5. The molecule has 0 atom stereocenters. The molecule has 0 saturated carbocycles. The molecule has 0 spiro atoms. The Hall–Kier alpha value is -1.55. The highest BCUT2D eigenvalue weighted by Crippen LogP contribution is 2.26. The molecule has 4 nitrogen and oxygen atoms in total. The fraction of sp³-hybridized carbons (Fsp3) is 0.385. The van der Waals surface area contributed by atoms with Crippen molar-refractivity contribution in [2.24, 2.45) is 10.7 Å². The van der Waals surface area contributed by atoms with E-state index in [1.165, 1.54) is 0 Å². The SMILES string of the molecule is CCCC(=O)Nc1ccc(C)cc1N=C(N)CCl. The van der Waals surface area contributed by atoms with Gasteiger partial charge in [0.25, 0.3) is 0 Å². The molecule has 0 aliphatic heterocycles. The van der Waals surface area contributed by atoms with E-state index in [1.807, 2.05) is 32.0 Å². The van der Waals surface area contributed by atoms with Crippen molar-refractivity contribution in [3.63, 3.8) is 0 Å². The molecule has 1 aromatic carbocycles. The number of nitrogens with zero attached hydrogens (tertiary/aromatic N) is 1. The van der Waals surface area contributed by atoms with Crippen LogP contribution in [0.15, 0.2) is 23.2 Å². The van der Waals surface area contributed by atoms with E-state index in [4.69, 9.17) is 17.3 Å². The molecular formula is C13H18ClN3O. The lowest BCUT2D eigenvalue weighted by molar-refractivity contribution is -0.116. The third-order valence-corrected chi connectivity index (χ3v) is 2.58. The lowest BCUT2D eigenvalue weighted by atomic mass is 10.2. The Morgan fingerprint density at radius 3 is 2.83 bits per heavy atom. The van der Waals surface area contributed by atoms with E-state index in [9.17, 15) is 4.79 Å². The third kappa shape index (κ3) is 4.37. The summed E-state index contributed by atoms with van der Waals surface area (Å²) in [6, 6.07) is 5.60. The van der Waals surface area contributed by atoms with Crippen molar-refractivity contribution < 1.29 is 4.79 Å². The predicted octanol–water partition coefficient (Wildman–Crippen LogP) is 2.96. The summed E-state index contributed by atoms with van der Waals surface area (Å²) in [5.74, 6) is 0.464. The van der Waals surface area contributed by atoms with Gasteiger partial charge in [0.1, 0.15) is 5.84 Å². The van der Waals surface area contributed by atoms with Gasteiger partial charge in [-0.1, -0.05) is 13.0 Å². The van der Waals surface area contributed by atoms with Crippen LogP contribution >= 0.6 is 11.6 Å². The molecular weight excluding hydrogens is 250 g/mol. The summed E-state index contributed by atoms with van der Waals surface area (Å²) in [4.78, 5) is 15.8. The lowest BCUT2D eigenvalue weighted by Crippen LogP contribution is -2.14. The first kappa shape index (κ1) is 14.5. The van der Waals surface area contributed by atoms with Gasteiger partial charge >= 0.3 is 0 Å². The van der Waals surface area contributed by atoms with Gasteiger partial charge < -0.3 is 11.1 Å². The van der Waals surface area contributed by atoms with Crippen LogP contribution in [0.2, 0.25) is 0 Å². The second-order valence-corrected chi connectivity index (χ2v) is 4.32. The largest absolute Gasteiger partial charge is 0.386 e. The maximum Gasteiger partial charge on any atom is 0.224 e. The maximum atomic E-state index is 11.6. The van der Waals surface area contributed by atoms with Crippen LogP contribution < -0.4 is 11.1 Å². The normalized spacial score (nSPS) is 11.4. The second-order valence-electron chi connectivity index (χ2n) is 4.06. The molecule has 0 heterocycles. The average molecular weight is 268 g/mol. The van der Waals surface area contributed by atoms with Crippen molar-refractivity contribution in [2.75, 3.05) is 11.2 Å². The molecule has 0 fully saturated rings. The molecule has 0 aromatic heterocycles. The summed E-state index contributed by atoms with van der Waals surface area (Å²) in [6.07, 6.45) is 1.29. The van der Waals surface area contributed by atoms with Crippen LogP contribution in [-0.4, -0.2) is 17.6 Å². The smallest absolute Gasteiger partial charge is 0.224 e. The van der Waals surface area contributed by atoms with Crippen LogP contribution in [-0.2, 0) is 4.79 Å². The fourth-order valence-corrected chi connectivity index (χ4v) is 1.52. The maximum absolute atomic E-state index is 11.6. The van der Waals surface area contributed by atoms with Gasteiger partial charge in [-0.2, -0.15) is 0 Å². The highest BCUT2D eigenvalue weighted by molar-refractivity contribution is 6.28. The molecule has 1 aromatic rings. The van der Waals surface area contributed by atoms with Crippen molar-refractivity contribution in [2.45, 2.75) is 26.7 Å². The summed E-state index contributed by atoms with van der Waals surface area (Å²) in [5, 5.41) is 2.82. The molecule has 0 aliphatic carbocycles. The molecule has 0 aliphatic rings. The van der Waals surface area contributed by atoms with Gasteiger partial charge in [0.15, 0.2) is 0 Å². The first-order chi connectivity index (χ1) is 8.56.